The van der Waals surface area contributed by atoms with Crippen LogP contribution in [0.1, 0.15) is 19.4 Å². The van der Waals surface area contributed by atoms with E-state index in [1.165, 1.54) is 6.92 Å². The molecule has 1 aromatic rings. The molecule has 98 valence electrons. The Balaban J connectivity index is 2.73. The third-order valence-electron chi connectivity index (χ3n) is 2.57. The summed E-state index contributed by atoms with van der Waals surface area (Å²) < 4.78 is 0. The van der Waals surface area contributed by atoms with Crippen LogP contribution in [0.3, 0.4) is 0 Å². The van der Waals surface area contributed by atoms with Crippen LogP contribution < -0.4 is 11.1 Å². The van der Waals surface area contributed by atoms with Crippen molar-refractivity contribution in [2.75, 3.05) is 12.4 Å². The molecule has 0 aliphatic heterocycles. The van der Waals surface area contributed by atoms with E-state index in [0.717, 1.165) is 5.56 Å². The summed E-state index contributed by atoms with van der Waals surface area (Å²) in [5, 5.41) is 2.72. The maximum atomic E-state index is 11.5. The van der Waals surface area contributed by atoms with Gasteiger partial charge in [0.2, 0.25) is 11.8 Å². The predicted molar refractivity (Wildman–Crippen MR) is 70.9 cm³/mol. The smallest absolute Gasteiger partial charge is 0.240 e. The molecule has 0 bridgehead atoms. The molecule has 5 nitrogen and oxygen atoms in total. The van der Waals surface area contributed by atoms with Crippen molar-refractivity contribution in [3.05, 3.63) is 29.8 Å². The molecule has 0 saturated carbocycles. The van der Waals surface area contributed by atoms with Crippen molar-refractivity contribution < 1.29 is 9.59 Å². The lowest BCUT2D eigenvalue weighted by molar-refractivity contribution is -0.128. The Morgan fingerprint density at radius 3 is 2.67 bits per heavy atom. The topological polar surface area (TPSA) is 75.4 Å². The summed E-state index contributed by atoms with van der Waals surface area (Å²) in [7, 11) is 1.73. The van der Waals surface area contributed by atoms with Gasteiger partial charge < -0.3 is 16.0 Å². The van der Waals surface area contributed by atoms with Gasteiger partial charge in [-0.05, 0) is 24.6 Å². The summed E-state index contributed by atoms with van der Waals surface area (Å²) in [6.45, 7) is 3.65. The van der Waals surface area contributed by atoms with Crippen LogP contribution in [0, 0.1) is 0 Å². The van der Waals surface area contributed by atoms with Gasteiger partial charge in [0.05, 0.1) is 6.04 Å². The zero-order chi connectivity index (χ0) is 13.7. The molecular formula is C13H19N3O2. The lowest BCUT2D eigenvalue weighted by Gasteiger charge is -2.15. The third-order valence-corrected chi connectivity index (χ3v) is 2.57. The minimum atomic E-state index is -0.548. The van der Waals surface area contributed by atoms with Gasteiger partial charge in [0.15, 0.2) is 0 Å². The number of hydrogen-bond donors (Lipinski definition) is 2. The average Bonchev–Trinajstić information content (AvgIpc) is 2.29. The molecule has 0 aliphatic carbocycles. The first-order valence-corrected chi connectivity index (χ1v) is 5.77. The van der Waals surface area contributed by atoms with E-state index in [9.17, 15) is 9.59 Å². The van der Waals surface area contributed by atoms with Crippen LogP contribution in [0.2, 0.25) is 0 Å². The molecule has 1 aromatic carbocycles. The van der Waals surface area contributed by atoms with Crippen molar-refractivity contribution in [1.29, 1.82) is 0 Å². The Hall–Kier alpha value is -1.88. The Bertz CT molecular complexity index is 444. The Kier molecular flexibility index (Phi) is 4.85. The van der Waals surface area contributed by atoms with E-state index in [1.54, 1.807) is 24.9 Å². The van der Waals surface area contributed by atoms with Gasteiger partial charge in [-0.15, -0.1) is 0 Å². The third kappa shape index (κ3) is 4.18. The van der Waals surface area contributed by atoms with E-state index in [1.807, 2.05) is 18.2 Å². The largest absolute Gasteiger partial charge is 0.342 e. The molecule has 0 heterocycles. The molecule has 1 atom stereocenters. The van der Waals surface area contributed by atoms with Crippen LogP contribution >= 0.6 is 0 Å². The van der Waals surface area contributed by atoms with E-state index in [2.05, 4.69) is 5.32 Å². The minimum absolute atomic E-state index is 0.0000176. The molecule has 0 radical (unpaired) electrons. The summed E-state index contributed by atoms with van der Waals surface area (Å²) in [6.07, 6.45) is 0. The van der Waals surface area contributed by atoms with Crippen LogP contribution in [0.25, 0.3) is 0 Å². The van der Waals surface area contributed by atoms with Crippen molar-refractivity contribution in [2.45, 2.75) is 26.4 Å². The Labute approximate surface area is 107 Å². The highest BCUT2D eigenvalue weighted by atomic mass is 16.2. The van der Waals surface area contributed by atoms with E-state index in [-0.39, 0.29) is 11.8 Å². The SMILES string of the molecule is CC(=O)N(C)Cc1cccc(NC(=O)[C@@H](C)N)c1. The summed E-state index contributed by atoms with van der Waals surface area (Å²) >= 11 is 0. The van der Waals surface area contributed by atoms with Crippen LogP contribution in [-0.2, 0) is 16.1 Å². The number of hydrogen-bond acceptors (Lipinski definition) is 3. The van der Waals surface area contributed by atoms with Crippen molar-refractivity contribution in [2.24, 2.45) is 5.73 Å². The quantitative estimate of drug-likeness (QED) is 0.834. The number of nitrogens with two attached hydrogens (primary N) is 1. The molecule has 2 amide bonds. The molecule has 0 saturated heterocycles. The minimum Gasteiger partial charge on any atom is -0.342 e. The number of amides is 2. The Morgan fingerprint density at radius 1 is 1.44 bits per heavy atom. The standard InChI is InChI=1S/C13H19N3O2/c1-9(14)13(18)15-12-6-4-5-11(7-12)8-16(3)10(2)17/h4-7,9H,8,14H2,1-3H3,(H,15,18)/t9-/m1/s1. The molecule has 5 heteroatoms. The first kappa shape index (κ1) is 14.2. The van der Waals surface area contributed by atoms with E-state index in [4.69, 9.17) is 5.73 Å². The van der Waals surface area contributed by atoms with Crippen LogP contribution in [0.15, 0.2) is 24.3 Å². The van der Waals surface area contributed by atoms with E-state index < -0.39 is 6.04 Å². The van der Waals surface area contributed by atoms with Crippen LogP contribution in [0.5, 0.6) is 0 Å². The summed E-state index contributed by atoms with van der Waals surface area (Å²) in [4.78, 5) is 24.2. The summed E-state index contributed by atoms with van der Waals surface area (Å²) in [6, 6.07) is 6.81. The molecule has 0 spiro atoms. The lowest BCUT2D eigenvalue weighted by Crippen LogP contribution is -2.32. The second kappa shape index (κ2) is 6.16. The number of anilines is 1. The van der Waals surface area contributed by atoms with E-state index >= 15 is 0 Å². The van der Waals surface area contributed by atoms with Gasteiger partial charge in [-0.3, -0.25) is 9.59 Å². The van der Waals surface area contributed by atoms with Crippen LogP contribution in [-0.4, -0.2) is 29.8 Å². The highest BCUT2D eigenvalue weighted by Crippen LogP contribution is 2.12. The van der Waals surface area contributed by atoms with Gasteiger partial charge >= 0.3 is 0 Å². The normalized spacial score (nSPS) is 11.8. The van der Waals surface area contributed by atoms with Gasteiger partial charge in [0, 0.05) is 26.2 Å². The highest BCUT2D eigenvalue weighted by molar-refractivity contribution is 5.94. The van der Waals surface area contributed by atoms with Crippen molar-refractivity contribution in [1.82, 2.24) is 4.90 Å². The molecule has 18 heavy (non-hydrogen) atoms. The average molecular weight is 249 g/mol. The monoisotopic (exact) mass is 249 g/mol. The fourth-order valence-corrected chi connectivity index (χ4v) is 1.39. The second-order valence-corrected chi connectivity index (χ2v) is 4.35. The van der Waals surface area contributed by atoms with E-state index in [0.29, 0.717) is 12.2 Å². The highest BCUT2D eigenvalue weighted by Gasteiger charge is 2.08. The maximum absolute atomic E-state index is 11.5. The molecule has 0 unspecified atom stereocenters. The van der Waals surface area contributed by atoms with Crippen molar-refractivity contribution in [3.8, 4) is 0 Å². The number of carbonyl (C=O) groups excluding carboxylic acids is 2. The number of nitrogens with zero attached hydrogens (tertiary/aromatic N) is 1. The Morgan fingerprint density at radius 2 is 2.11 bits per heavy atom. The number of carbonyl (C=O) groups is 2. The molecule has 0 aromatic heterocycles. The number of benzene rings is 1. The van der Waals surface area contributed by atoms with Gasteiger partial charge in [0.25, 0.3) is 0 Å². The molecule has 3 N–H and O–H groups in total. The zero-order valence-electron chi connectivity index (χ0n) is 10.9. The van der Waals surface area contributed by atoms with Crippen molar-refractivity contribution >= 4 is 17.5 Å². The molecule has 1 rings (SSSR count). The second-order valence-electron chi connectivity index (χ2n) is 4.35. The van der Waals surface area contributed by atoms with Crippen molar-refractivity contribution in [3.63, 3.8) is 0 Å². The maximum Gasteiger partial charge on any atom is 0.240 e. The van der Waals surface area contributed by atoms with Gasteiger partial charge in [-0.2, -0.15) is 0 Å². The lowest BCUT2D eigenvalue weighted by atomic mass is 10.2. The first-order valence-electron chi connectivity index (χ1n) is 5.77. The summed E-state index contributed by atoms with van der Waals surface area (Å²) in [5.74, 6) is -0.230. The fourth-order valence-electron chi connectivity index (χ4n) is 1.39. The molecular weight excluding hydrogens is 230 g/mol. The zero-order valence-corrected chi connectivity index (χ0v) is 10.9. The summed E-state index contributed by atoms with van der Waals surface area (Å²) in [5.41, 5.74) is 7.12. The predicted octanol–water partition coefficient (Wildman–Crippen LogP) is 0.951. The number of rotatable bonds is 4. The fraction of sp³-hybridized carbons (Fsp3) is 0.385. The van der Waals surface area contributed by atoms with Gasteiger partial charge in [0.1, 0.15) is 0 Å². The number of nitrogens with one attached hydrogen (secondary N) is 1. The molecule has 0 aliphatic rings. The first-order chi connectivity index (χ1) is 8.40. The van der Waals surface area contributed by atoms with Gasteiger partial charge in [-0.25, -0.2) is 0 Å². The molecule has 0 fully saturated rings. The van der Waals surface area contributed by atoms with Gasteiger partial charge in [-0.1, -0.05) is 12.1 Å². The van der Waals surface area contributed by atoms with Crippen LogP contribution in [0.4, 0.5) is 5.69 Å².